The van der Waals surface area contributed by atoms with Crippen LogP contribution < -0.4 is 34.7 Å². The Balaban J connectivity index is 0.00000256. The normalized spacial score (nSPS) is 10.6. The molecule has 0 aliphatic heterocycles. The number of carboxylic acids is 1. The van der Waals surface area contributed by atoms with Gasteiger partial charge in [-0.05, 0) is 48.4 Å². The van der Waals surface area contributed by atoms with E-state index in [-0.39, 0.29) is 46.3 Å². The number of carbonyl (C=O) groups is 1. The minimum Gasteiger partial charge on any atom is -0.545 e. The number of aromatic carboxylic acids is 1. The van der Waals surface area contributed by atoms with Gasteiger partial charge in [-0.15, -0.1) is 0 Å². The predicted molar refractivity (Wildman–Crippen MR) is 103 cm³/mol. The number of pyridine rings is 1. The number of phenols is 1. The summed E-state index contributed by atoms with van der Waals surface area (Å²) in [7, 11) is 0. The summed E-state index contributed by atoms with van der Waals surface area (Å²) in [5.41, 5.74) is 2.53. The number of aromatic nitrogens is 1. The molecule has 1 aromatic heterocycles. The third kappa shape index (κ3) is 3.94. The second-order valence-corrected chi connectivity index (χ2v) is 6.65. The first kappa shape index (κ1) is 21.9. The maximum absolute atomic E-state index is 14.1. The van der Waals surface area contributed by atoms with Crippen molar-refractivity contribution in [1.29, 1.82) is 0 Å². The summed E-state index contributed by atoms with van der Waals surface area (Å²) < 4.78 is 27.7. The molecule has 0 amide bonds. The Morgan fingerprint density at radius 1 is 0.967 bits per heavy atom. The maximum Gasteiger partial charge on any atom is 1.00 e. The Labute approximate surface area is 193 Å². The van der Waals surface area contributed by atoms with E-state index < -0.39 is 17.6 Å². The fourth-order valence-corrected chi connectivity index (χ4v) is 3.42. The molecule has 7 heteroatoms. The van der Waals surface area contributed by atoms with Crippen molar-refractivity contribution in [3.8, 4) is 28.1 Å². The standard InChI is InChI=1S/C23H15F2NO3.Na/c1-12-21(23(28)29)18-10-15(24)6-9-20(18)26-22(12)14-4-2-13(3-5-14)17-8-7-16(27)11-19(17)25;/h2-11,27H,1H3,(H,28,29);/q;+1/p-1. The smallest absolute Gasteiger partial charge is 0.545 e. The average molecular weight is 413 g/mol. The van der Waals surface area contributed by atoms with E-state index in [1.54, 1.807) is 31.2 Å². The first-order valence-corrected chi connectivity index (χ1v) is 8.75. The molecule has 0 aliphatic carbocycles. The third-order valence-electron chi connectivity index (χ3n) is 4.82. The molecule has 0 atom stereocenters. The van der Waals surface area contributed by atoms with Gasteiger partial charge in [0.2, 0.25) is 0 Å². The quantitative estimate of drug-likeness (QED) is 0.513. The molecule has 0 saturated carbocycles. The van der Waals surface area contributed by atoms with E-state index in [0.717, 1.165) is 12.1 Å². The molecule has 0 bridgehead atoms. The van der Waals surface area contributed by atoms with Crippen molar-refractivity contribution < 1.29 is 53.3 Å². The van der Waals surface area contributed by atoms with Gasteiger partial charge >= 0.3 is 29.6 Å². The molecule has 1 heterocycles. The monoisotopic (exact) mass is 413 g/mol. The number of rotatable bonds is 3. The largest absolute Gasteiger partial charge is 1.00 e. The van der Waals surface area contributed by atoms with Crippen molar-refractivity contribution >= 4 is 16.9 Å². The Bertz CT molecular complexity index is 1270. The van der Waals surface area contributed by atoms with Gasteiger partial charge in [0.25, 0.3) is 0 Å². The van der Waals surface area contributed by atoms with Gasteiger partial charge in [-0.1, -0.05) is 24.3 Å². The zero-order chi connectivity index (χ0) is 20.7. The van der Waals surface area contributed by atoms with Gasteiger partial charge in [0.15, 0.2) is 0 Å². The van der Waals surface area contributed by atoms with E-state index >= 15 is 0 Å². The van der Waals surface area contributed by atoms with Crippen LogP contribution in [0.15, 0.2) is 60.7 Å². The van der Waals surface area contributed by atoms with Crippen molar-refractivity contribution in [1.82, 2.24) is 4.98 Å². The summed E-state index contributed by atoms with van der Waals surface area (Å²) in [6, 6.07) is 14.4. The molecule has 4 nitrogen and oxygen atoms in total. The van der Waals surface area contributed by atoms with E-state index in [0.29, 0.717) is 33.5 Å². The number of aromatic hydroxyl groups is 1. The van der Waals surface area contributed by atoms with Crippen molar-refractivity contribution in [3.63, 3.8) is 0 Å². The second kappa shape index (κ2) is 8.52. The Morgan fingerprint density at radius 2 is 1.63 bits per heavy atom. The van der Waals surface area contributed by atoms with E-state index in [9.17, 15) is 23.8 Å². The van der Waals surface area contributed by atoms with Gasteiger partial charge in [-0.3, -0.25) is 0 Å². The number of hydrogen-bond donors (Lipinski definition) is 1. The van der Waals surface area contributed by atoms with Gasteiger partial charge in [0.1, 0.15) is 17.4 Å². The summed E-state index contributed by atoms with van der Waals surface area (Å²) in [5, 5.41) is 21.2. The SMILES string of the molecule is Cc1c(-c2ccc(-c3ccc(O)cc3F)cc2)nc2ccc(F)cc2c1C(=O)[O-].[Na+]. The van der Waals surface area contributed by atoms with Gasteiger partial charge < -0.3 is 15.0 Å². The molecule has 3 aromatic carbocycles. The first-order chi connectivity index (χ1) is 13.8. The number of halogens is 2. The van der Waals surface area contributed by atoms with Gasteiger partial charge in [-0.2, -0.15) is 0 Å². The van der Waals surface area contributed by atoms with E-state index in [2.05, 4.69) is 4.98 Å². The van der Waals surface area contributed by atoms with Gasteiger partial charge in [-0.25, -0.2) is 13.8 Å². The van der Waals surface area contributed by atoms with Crippen molar-refractivity contribution in [2.75, 3.05) is 0 Å². The molecular weight excluding hydrogens is 399 g/mol. The molecule has 0 saturated heterocycles. The number of carbonyl (C=O) groups excluding carboxylic acids is 1. The van der Waals surface area contributed by atoms with Crippen LogP contribution in [0.3, 0.4) is 0 Å². The Kier molecular flexibility index (Phi) is 6.22. The van der Waals surface area contributed by atoms with Crippen LogP contribution in [-0.2, 0) is 0 Å². The Morgan fingerprint density at radius 3 is 2.27 bits per heavy atom. The summed E-state index contributed by atoms with van der Waals surface area (Å²) >= 11 is 0. The van der Waals surface area contributed by atoms with Crippen LogP contribution >= 0.6 is 0 Å². The number of carboxylic acid groups (broad SMARTS) is 1. The predicted octanol–water partition coefficient (Wildman–Crippen LogP) is 1.23. The summed E-state index contributed by atoms with van der Waals surface area (Å²) in [6.45, 7) is 1.59. The van der Waals surface area contributed by atoms with E-state index in [1.807, 2.05) is 0 Å². The summed E-state index contributed by atoms with van der Waals surface area (Å²) in [5.74, 6) is -2.69. The summed E-state index contributed by atoms with van der Waals surface area (Å²) in [6.07, 6.45) is 0. The molecule has 0 fully saturated rings. The molecule has 0 spiro atoms. The van der Waals surface area contributed by atoms with Crippen molar-refractivity contribution in [2.24, 2.45) is 0 Å². The molecule has 4 rings (SSSR count). The van der Waals surface area contributed by atoms with E-state index in [4.69, 9.17) is 0 Å². The number of fused-ring (bicyclic) bond motifs is 1. The average Bonchev–Trinajstić information content (AvgIpc) is 2.67. The van der Waals surface area contributed by atoms with Crippen LogP contribution in [0.1, 0.15) is 15.9 Å². The fraction of sp³-hybridized carbons (Fsp3) is 0.0435. The fourth-order valence-electron chi connectivity index (χ4n) is 3.42. The molecule has 4 aromatic rings. The van der Waals surface area contributed by atoms with E-state index in [1.165, 1.54) is 24.3 Å². The topological polar surface area (TPSA) is 73.2 Å². The number of hydrogen-bond acceptors (Lipinski definition) is 4. The van der Waals surface area contributed by atoms with Gasteiger partial charge in [0.05, 0.1) is 17.2 Å². The van der Waals surface area contributed by atoms with Crippen LogP contribution in [0, 0.1) is 18.6 Å². The molecule has 0 radical (unpaired) electrons. The van der Waals surface area contributed by atoms with Crippen molar-refractivity contribution in [2.45, 2.75) is 6.92 Å². The van der Waals surface area contributed by atoms with Gasteiger partial charge in [0, 0.05) is 28.1 Å². The number of nitrogens with zero attached hydrogens (tertiary/aromatic N) is 1. The van der Waals surface area contributed by atoms with Crippen LogP contribution in [0.25, 0.3) is 33.3 Å². The second-order valence-electron chi connectivity index (χ2n) is 6.65. The number of phenolic OH excluding ortho intramolecular Hbond substituents is 1. The minimum absolute atomic E-state index is 0. The zero-order valence-electron chi connectivity index (χ0n) is 16.2. The minimum atomic E-state index is -1.41. The zero-order valence-corrected chi connectivity index (χ0v) is 18.2. The maximum atomic E-state index is 14.1. The van der Waals surface area contributed by atoms with Crippen LogP contribution in [-0.4, -0.2) is 16.1 Å². The number of benzene rings is 3. The third-order valence-corrected chi connectivity index (χ3v) is 4.82. The Hall–Kier alpha value is -2.80. The van der Waals surface area contributed by atoms with Crippen LogP contribution in [0.5, 0.6) is 5.75 Å². The van der Waals surface area contributed by atoms with Crippen molar-refractivity contribution in [3.05, 3.63) is 83.4 Å². The summed E-state index contributed by atoms with van der Waals surface area (Å²) in [4.78, 5) is 16.2. The van der Waals surface area contributed by atoms with Crippen LogP contribution in [0.4, 0.5) is 8.78 Å². The molecular formula is C23H14F2NNaO3. The molecule has 30 heavy (non-hydrogen) atoms. The first-order valence-electron chi connectivity index (χ1n) is 8.75. The molecule has 0 unspecified atom stereocenters. The van der Waals surface area contributed by atoms with Crippen LogP contribution in [0.2, 0.25) is 0 Å². The molecule has 1 N–H and O–H groups in total. The molecule has 144 valence electrons. The molecule has 0 aliphatic rings.